The zero-order valence-electron chi connectivity index (χ0n) is 16.5. The van der Waals surface area contributed by atoms with Gasteiger partial charge in [0.2, 0.25) is 5.91 Å². The first-order valence-corrected chi connectivity index (χ1v) is 9.85. The van der Waals surface area contributed by atoms with Crippen LogP contribution in [0, 0.1) is 0 Å². The standard InChI is InChI=1S/C20H29N5O3/c1-3-19-22-20(24-23-19)15-8-10-25(11-9-15)12-17(27)13-28-18-6-4-16(5-7-18)21-14(2)26/h4-7,15,17,27H,3,8-13H2,1-2H3,(H,21,26)(H,22,23,24). The summed E-state index contributed by atoms with van der Waals surface area (Å²) < 4.78 is 5.66. The lowest BCUT2D eigenvalue weighted by molar-refractivity contribution is -0.114. The number of likely N-dealkylation sites (tertiary alicyclic amines) is 1. The molecule has 1 unspecified atom stereocenters. The van der Waals surface area contributed by atoms with Gasteiger partial charge in [-0.05, 0) is 50.2 Å². The number of H-pyrrole nitrogens is 1. The third kappa shape index (κ3) is 5.77. The summed E-state index contributed by atoms with van der Waals surface area (Å²) in [6.45, 7) is 6.20. The summed E-state index contributed by atoms with van der Waals surface area (Å²) >= 11 is 0. The molecule has 3 rings (SSSR count). The second kappa shape index (κ2) is 9.66. The van der Waals surface area contributed by atoms with Crippen molar-refractivity contribution in [2.75, 3.05) is 31.6 Å². The van der Waals surface area contributed by atoms with Gasteiger partial charge in [0.05, 0.1) is 0 Å². The number of hydrogen-bond acceptors (Lipinski definition) is 6. The van der Waals surface area contributed by atoms with E-state index >= 15 is 0 Å². The average Bonchev–Trinajstić information content (AvgIpc) is 3.17. The zero-order chi connectivity index (χ0) is 19.9. The Kier molecular flexibility index (Phi) is 7.00. The molecule has 1 aromatic heterocycles. The SMILES string of the molecule is CCc1nc(C2CCN(CC(O)COc3ccc(NC(C)=O)cc3)CC2)n[nH]1. The number of aromatic nitrogens is 3. The molecule has 1 aliphatic rings. The van der Waals surface area contributed by atoms with Gasteiger partial charge in [-0.25, -0.2) is 4.98 Å². The molecule has 2 aromatic rings. The first-order valence-electron chi connectivity index (χ1n) is 9.85. The smallest absolute Gasteiger partial charge is 0.221 e. The quantitative estimate of drug-likeness (QED) is 0.640. The maximum absolute atomic E-state index is 11.0. The van der Waals surface area contributed by atoms with E-state index in [-0.39, 0.29) is 12.5 Å². The predicted octanol–water partition coefficient (Wildman–Crippen LogP) is 1.94. The summed E-state index contributed by atoms with van der Waals surface area (Å²) in [7, 11) is 0. The molecule has 1 amide bonds. The number of carbonyl (C=O) groups is 1. The van der Waals surface area contributed by atoms with Crippen molar-refractivity contribution in [3.63, 3.8) is 0 Å². The van der Waals surface area contributed by atoms with E-state index in [1.807, 2.05) is 0 Å². The number of aliphatic hydroxyl groups is 1. The van der Waals surface area contributed by atoms with Crippen LogP contribution in [0.2, 0.25) is 0 Å². The van der Waals surface area contributed by atoms with Gasteiger partial charge in [0.25, 0.3) is 0 Å². The Morgan fingerprint density at radius 3 is 2.68 bits per heavy atom. The van der Waals surface area contributed by atoms with Crippen LogP contribution in [-0.4, -0.2) is 63.4 Å². The van der Waals surface area contributed by atoms with Crippen molar-refractivity contribution in [2.24, 2.45) is 0 Å². The van der Waals surface area contributed by atoms with E-state index in [4.69, 9.17) is 4.74 Å². The van der Waals surface area contributed by atoms with Crippen LogP contribution in [0.4, 0.5) is 5.69 Å². The normalized spacial score (nSPS) is 16.7. The molecule has 2 heterocycles. The molecule has 0 aliphatic carbocycles. The number of rotatable bonds is 8. The Morgan fingerprint density at radius 1 is 1.36 bits per heavy atom. The molecule has 152 valence electrons. The zero-order valence-corrected chi connectivity index (χ0v) is 16.5. The van der Waals surface area contributed by atoms with Gasteiger partial charge < -0.3 is 20.1 Å². The highest BCUT2D eigenvalue weighted by Gasteiger charge is 2.24. The number of amides is 1. The van der Waals surface area contributed by atoms with Gasteiger partial charge in [0.15, 0.2) is 5.82 Å². The van der Waals surface area contributed by atoms with Crippen LogP contribution in [0.25, 0.3) is 0 Å². The van der Waals surface area contributed by atoms with Crippen LogP contribution in [0.15, 0.2) is 24.3 Å². The van der Waals surface area contributed by atoms with Crippen LogP contribution >= 0.6 is 0 Å². The van der Waals surface area contributed by atoms with Crippen molar-refractivity contribution in [1.82, 2.24) is 20.1 Å². The largest absolute Gasteiger partial charge is 0.491 e. The van der Waals surface area contributed by atoms with E-state index in [0.29, 0.717) is 18.2 Å². The van der Waals surface area contributed by atoms with Gasteiger partial charge in [-0.15, -0.1) is 0 Å². The van der Waals surface area contributed by atoms with E-state index in [9.17, 15) is 9.90 Å². The second-order valence-electron chi connectivity index (χ2n) is 7.24. The van der Waals surface area contributed by atoms with E-state index < -0.39 is 6.10 Å². The number of β-amino-alcohol motifs (C(OH)–C–C–N with tert-alkyl or cyclic N) is 1. The lowest BCUT2D eigenvalue weighted by Crippen LogP contribution is -2.40. The number of aliphatic hydroxyl groups excluding tert-OH is 1. The number of aromatic amines is 1. The van der Waals surface area contributed by atoms with Crippen molar-refractivity contribution >= 4 is 11.6 Å². The molecule has 28 heavy (non-hydrogen) atoms. The van der Waals surface area contributed by atoms with Gasteiger partial charge >= 0.3 is 0 Å². The Morgan fingerprint density at radius 2 is 2.07 bits per heavy atom. The molecule has 1 fully saturated rings. The molecule has 8 heteroatoms. The maximum atomic E-state index is 11.0. The number of ether oxygens (including phenoxy) is 1. The minimum Gasteiger partial charge on any atom is -0.491 e. The fourth-order valence-corrected chi connectivity index (χ4v) is 3.41. The molecular weight excluding hydrogens is 358 g/mol. The number of anilines is 1. The molecular formula is C20H29N5O3. The van der Waals surface area contributed by atoms with Gasteiger partial charge in [-0.2, -0.15) is 5.10 Å². The third-order valence-electron chi connectivity index (χ3n) is 4.92. The molecule has 8 nitrogen and oxygen atoms in total. The summed E-state index contributed by atoms with van der Waals surface area (Å²) in [6.07, 6.45) is 2.31. The van der Waals surface area contributed by atoms with Gasteiger partial charge in [-0.1, -0.05) is 6.92 Å². The van der Waals surface area contributed by atoms with Crippen LogP contribution in [-0.2, 0) is 11.2 Å². The van der Waals surface area contributed by atoms with E-state index in [2.05, 4.69) is 32.3 Å². The van der Waals surface area contributed by atoms with Crippen molar-refractivity contribution in [1.29, 1.82) is 0 Å². The molecule has 1 aromatic carbocycles. The van der Waals surface area contributed by atoms with Gasteiger partial charge in [-0.3, -0.25) is 9.89 Å². The lowest BCUT2D eigenvalue weighted by atomic mass is 9.96. The number of nitrogens with zero attached hydrogens (tertiary/aromatic N) is 3. The molecule has 0 bridgehead atoms. The molecule has 1 aliphatic heterocycles. The Hall–Kier alpha value is -2.45. The molecule has 3 N–H and O–H groups in total. The van der Waals surface area contributed by atoms with E-state index in [1.54, 1.807) is 24.3 Å². The monoisotopic (exact) mass is 387 g/mol. The van der Waals surface area contributed by atoms with Crippen molar-refractivity contribution < 1.29 is 14.6 Å². The average molecular weight is 387 g/mol. The van der Waals surface area contributed by atoms with Crippen LogP contribution < -0.4 is 10.1 Å². The fraction of sp³-hybridized carbons (Fsp3) is 0.550. The summed E-state index contributed by atoms with van der Waals surface area (Å²) in [6, 6.07) is 7.12. The molecule has 1 saturated heterocycles. The third-order valence-corrected chi connectivity index (χ3v) is 4.92. The Labute approximate surface area is 165 Å². The topological polar surface area (TPSA) is 103 Å². The first kappa shape index (κ1) is 20.3. The number of aryl methyl sites for hydroxylation is 1. The summed E-state index contributed by atoms with van der Waals surface area (Å²) in [5.41, 5.74) is 0.723. The van der Waals surface area contributed by atoms with E-state index in [0.717, 1.165) is 49.7 Å². The van der Waals surface area contributed by atoms with Crippen LogP contribution in [0.5, 0.6) is 5.75 Å². The fourth-order valence-electron chi connectivity index (χ4n) is 3.41. The second-order valence-corrected chi connectivity index (χ2v) is 7.24. The summed E-state index contributed by atoms with van der Waals surface area (Å²) in [5, 5.41) is 20.3. The van der Waals surface area contributed by atoms with E-state index in [1.165, 1.54) is 6.92 Å². The van der Waals surface area contributed by atoms with Crippen LogP contribution in [0.1, 0.15) is 44.3 Å². The Bertz CT molecular complexity index is 753. The molecule has 1 atom stereocenters. The summed E-state index contributed by atoms with van der Waals surface area (Å²) in [5.74, 6) is 2.81. The Balaban J connectivity index is 1.38. The number of piperidine rings is 1. The minimum atomic E-state index is -0.554. The molecule has 0 saturated carbocycles. The van der Waals surface area contributed by atoms with Gasteiger partial charge in [0, 0.05) is 31.5 Å². The first-order chi connectivity index (χ1) is 13.5. The number of nitrogens with one attached hydrogen (secondary N) is 2. The van der Waals surface area contributed by atoms with Crippen molar-refractivity contribution in [3.05, 3.63) is 35.9 Å². The predicted molar refractivity (Wildman–Crippen MR) is 106 cm³/mol. The number of benzene rings is 1. The highest BCUT2D eigenvalue weighted by Crippen LogP contribution is 2.25. The highest BCUT2D eigenvalue weighted by molar-refractivity contribution is 5.88. The minimum absolute atomic E-state index is 0.110. The van der Waals surface area contributed by atoms with Crippen molar-refractivity contribution in [2.45, 2.75) is 45.1 Å². The number of hydrogen-bond donors (Lipinski definition) is 3. The lowest BCUT2D eigenvalue weighted by Gasteiger charge is -2.32. The maximum Gasteiger partial charge on any atom is 0.221 e. The summed E-state index contributed by atoms with van der Waals surface area (Å²) in [4.78, 5) is 17.8. The number of carbonyl (C=O) groups excluding carboxylic acids is 1. The van der Waals surface area contributed by atoms with Crippen LogP contribution in [0.3, 0.4) is 0 Å². The van der Waals surface area contributed by atoms with Gasteiger partial charge in [0.1, 0.15) is 24.3 Å². The van der Waals surface area contributed by atoms with Crippen molar-refractivity contribution in [3.8, 4) is 5.75 Å². The molecule has 0 radical (unpaired) electrons. The highest BCUT2D eigenvalue weighted by atomic mass is 16.5. The molecule has 0 spiro atoms.